The lowest BCUT2D eigenvalue weighted by Gasteiger charge is -2.11. The summed E-state index contributed by atoms with van der Waals surface area (Å²) in [5.41, 5.74) is 2.37. The third kappa shape index (κ3) is 10.4. The first-order valence-electron chi connectivity index (χ1n) is 14.7. The fourth-order valence-electron chi connectivity index (χ4n) is 4.45. The normalized spacial score (nSPS) is 13.8. The zero-order chi connectivity index (χ0) is 33.6. The van der Waals surface area contributed by atoms with Crippen molar-refractivity contribution in [2.75, 3.05) is 13.2 Å². The molecule has 1 atom stereocenters. The number of epoxide rings is 1. The Morgan fingerprint density at radius 2 is 1.72 bits per heavy atom. The maximum Gasteiger partial charge on any atom is 0.357 e. The number of rotatable bonds is 15. The zero-order valence-electron chi connectivity index (χ0n) is 25.7. The van der Waals surface area contributed by atoms with Crippen LogP contribution in [-0.2, 0) is 33.5 Å². The topological polar surface area (TPSA) is 152 Å². The molecule has 1 aliphatic rings. The predicted octanol–water partition coefficient (Wildman–Crippen LogP) is 6.62. The highest BCUT2D eigenvalue weighted by Crippen LogP contribution is 2.31. The number of carboxylic acid groups (broad SMARTS) is 2. The summed E-state index contributed by atoms with van der Waals surface area (Å²) in [6, 6.07) is 15.5. The summed E-state index contributed by atoms with van der Waals surface area (Å²) in [6.45, 7) is 13.1. The third-order valence-electron chi connectivity index (χ3n) is 7.05. The Labute approximate surface area is 266 Å². The van der Waals surface area contributed by atoms with Crippen molar-refractivity contribution < 1.29 is 43.7 Å². The quantitative estimate of drug-likeness (QED) is 0.0277. The lowest BCUT2D eigenvalue weighted by molar-refractivity contribution is -0.139. The van der Waals surface area contributed by atoms with E-state index in [1.165, 1.54) is 6.21 Å². The monoisotopic (exact) mass is 627 g/mol. The number of oxime groups is 1. The van der Waals surface area contributed by atoms with Gasteiger partial charge in [-0.15, -0.1) is 0 Å². The molecule has 4 rings (SSSR count). The van der Waals surface area contributed by atoms with Crippen LogP contribution in [0.4, 0.5) is 0 Å². The number of carbonyl (C=O) groups excluding carboxylic acids is 2. The molecule has 2 N–H and O–H groups in total. The first-order valence-corrected chi connectivity index (χ1v) is 14.7. The first-order chi connectivity index (χ1) is 22.0. The van der Waals surface area contributed by atoms with Crippen molar-refractivity contribution in [3.63, 3.8) is 0 Å². The molecule has 0 radical (unpaired) electrons. The Morgan fingerprint density at radius 3 is 2.37 bits per heavy atom. The number of hydrogen-bond acceptors (Lipinski definition) is 8. The Morgan fingerprint density at radius 1 is 1.00 bits per heavy atom. The van der Waals surface area contributed by atoms with Gasteiger partial charge in [-0.05, 0) is 71.4 Å². The van der Waals surface area contributed by atoms with Gasteiger partial charge in [0.25, 0.3) is 0 Å². The van der Waals surface area contributed by atoms with Crippen molar-refractivity contribution in [3.05, 3.63) is 102 Å². The molecule has 240 valence electrons. The van der Waals surface area contributed by atoms with Crippen LogP contribution >= 0.6 is 0 Å². The number of benzene rings is 3. The number of aliphatic carboxylic acids is 2. The highest BCUT2D eigenvalue weighted by atomic mass is 16.7. The van der Waals surface area contributed by atoms with Crippen LogP contribution in [0, 0.1) is 0 Å². The summed E-state index contributed by atoms with van der Waals surface area (Å²) in [4.78, 5) is 49.5. The fraction of sp³-hybridized carbons (Fsp3) is 0.250. The number of ether oxygens (including phenoxy) is 2. The maximum atomic E-state index is 11.5. The van der Waals surface area contributed by atoms with Gasteiger partial charge in [0, 0.05) is 28.4 Å². The number of nitrogens with zero attached hydrogens (tertiary/aromatic N) is 1. The molecule has 1 unspecified atom stereocenters. The van der Waals surface area contributed by atoms with Gasteiger partial charge in [0.2, 0.25) is 0 Å². The minimum Gasteiger partial charge on any atom is -0.478 e. The van der Waals surface area contributed by atoms with E-state index < -0.39 is 23.9 Å². The van der Waals surface area contributed by atoms with Crippen LogP contribution in [0.5, 0.6) is 0 Å². The Kier molecular flexibility index (Phi) is 13.2. The van der Waals surface area contributed by atoms with E-state index in [1.54, 1.807) is 13.0 Å². The van der Waals surface area contributed by atoms with Crippen molar-refractivity contribution in [2.45, 2.75) is 45.1 Å². The summed E-state index contributed by atoms with van der Waals surface area (Å²) in [6.07, 6.45) is 7.00. The van der Waals surface area contributed by atoms with Crippen molar-refractivity contribution in [1.82, 2.24) is 0 Å². The molecule has 1 heterocycles. The Hall–Kier alpha value is -5.35. The molecule has 1 saturated heterocycles. The summed E-state index contributed by atoms with van der Waals surface area (Å²) in [5.74, 6) is -3.04. The third-order valence-corrected chi connectivity index (χ3v) is 7.05. The van der Waals surface area contributed by atoms with Crippen LogP contribution in [0.1, 0.15) is 50.2 Å². The molecule has 46 heavy (non-hydrogen) atoms. The average Bonchev–Trinajstić information content (AvgIpc) is 3.88. The Balaban J connectivity index is 0.000000277. The van der Waals surface area contributed by atoms with E-state index >= 15 is 0 Å². The van der Waals surface area contributed by atoms with Gasteiger partial charge in [-0.25, -0.2) is 19.2 Å². The summed E-state index contributed by atoms with van der Waals surface area (Å²) < 4.78 is 10.0. The molecule has 1 fully saturated rings. The average molecular weight is 628 g/mol. The van der Waals surface area contributed by atoms with Crippen LogP contribution in [0.3, 0.4) is 0 Å². The van der Waals surface area contributed by atoms with Gasteiger partial charge in [-0.1, -0.05) is 74.3 Å². The van der Waals surface area contributed by atoms with E-state index in [2.05, 4.69) is 24.9 Å². The molecule has 0 bridgehead atoms. The van der Waals surface area contributed by atoms with Gasteiger partial charge in [-0.3, -0.25) is 0 Å². The highest BCUT2D eigenvalue weighted by molar-refractivity contribution is 6.16. The smallest absolute Gasteiger partial charge is 0.357 e. The summed E-state index contributed by atoms with van der Waals surface area (Å²) >= 11 is 0. The van der Waals surface area contributed by atoms with Crippen LogP contribution in [-0.4, -0.2) is 59.6 Å². The molecule has 3 aromatic rings. The number of esters is 1. The molecule has 0 amide bonds. The molecule has 0 aromatic heterocycles. The predicted molar refractivity (Wildman–Crippen MR) is 176 cm³/mol. The summed E-state index contributed by atoms with van der Waals surface area (Å²) in [5, 5.41) is 25.5. The van der Waals surface area contributed by atoms with E-state index in [0.29, 0.717) is 36.8 Å². The van der Waals surface area contributed by atoms with Crippen molar-refractivity contribution >= 4 is 57.7 Å². The summed E-state index contributed by atoms with van der Waals surface area (Å²) in [7, 11) is 0. The van der Waals surface area contributed by atoms with Gasteiger partial charge < -0.3 is 24.5 Å². The van der Waals surface area contributed by atoms with E-state index in [0.717, 1.165) is 51.8 Å². The minimum absolute atomic E-state index is 0.121. The second-order valence-corrected chi connectivity index (χ2v) is 10.4. The molecule has 0 aliphatic carbocycles. The first kappa shape index (κ1) is 35.1. The molecule has 1 aliphatic heterocycles. The molecule has 0 saturated carbocycles. The SMILES string of the molecule is C=C(CCCOC(=O)C(=C)CCC1CO1)C(=O)O.C=CC(=O)ON=Cc1c2ccccc2cc2cccc(C=C(CC)C(=O)O)c12. The minimum atomic E-state index is -1.02. The van der Waals surface area contributed by atoms with Crippen LogP contribution in [0.15, 0.2) is 96.2 Å². The van der Waals surface area contributed by atoms with Crippen molar-refractivity contribution in [3.8, 4) is 0 Å². The van der Waals surface area contributed by atoms with Gasteiger partial charge in [-0.2, -0.15) is 0 Å². The number of fused-ring (bicyclic) bond motifs is 2. The van der Waals surface area contributed by atoms with Crippen LogP contribution in [0.2, 0.25) is 0 Å². The van der Waals surface area contributed by atoms with Gasteiger partial charge in [0.15, 0.2) is 0 Å². The number of carboxylic acids is 2. The molecule has 10 nitrogen and oxygen atoms in total. The number of hydrogen-bond donors (Lipinski definition) is 2. The van der Waals surface area contributed by atoms with Crippen LogP contribution in [0.25, 0.3) is 27.6 Å². The highest BCUT2D eigenvalue weighted by Gasteiger charge is 2.23. The van der Waals surface area contributed by atoms with Crippen LogP contribution < -0.4 is 0 Å². The van der Waals surface area contributed by atoms with Gasteiger partial charge in [0.05, 0.1) is 25.5 Å². The molecule has 3 aromatic carbocycles. The van der Waals surface area contributed by atoms with E-state index in [4.69, 9.17) is 19.4 Å². The zero-order valence-corrected chi connectivity index (χ0v) is 25.7. The lowest BCUT2D eigenvalue weighted by atomic mass is 9.93. The van der Waals surface area contributed by atoms with E-state index in [1.807, 2.05) is 48.5 Å². The Bertz CT molecular complexity index is 1710. The molecular weight excluding hydrogens is 590 g/mol. The van der Waals surface area contributed by atoms with Gasteiger partial charge in [0.1, 0.15) is 0 Å². The standard InChI is InChI=1S/C23H19NO4.C13H18O5/c1-3-15(23(26)27)12-17-9-7-10-18-13-16-8-5-6-11-19(16)20(22(17)18)14-24-28-21(25)4-2;1-9(12(14)15)4-3-7-17-13(16)10(2)5-6-11-8-18-11/h4-14H,2-3H2,1H3,(H,26,27);11H,1-8H2,(H,14,15). The fourth-order valence-corrected chi connectivity index (χ4v) is 4.45. The largest absolute Gasteiger partial charge is 0.478 e. The van der Waals surface area contributed by atoms with E-state index in [9.17, 15) is 24.3 Å². The second-order valence-electron chi connectivity index (χ2n) is 10.4. The van der Waals surface area contributed by atoms with Crippen molar-refractivity contribution in [2.24, 2.45) is 5.16 Å². The number of carbonyl (C=O) groups is 4. The maximum absolute atomic E-state index is 11.5. The van der Waals surface area contributed by atoms with Crippen molar-refractivity contribution in [1.29, 1.82) is 0 Å². The molecular formula is C36H37NO9. The molecule has 0 spiro atoms. The molecule has 10 heteroatoms. The van der Waals surface area contributed by atoms with E-state index in [-0.39, 0.29) is 18.3 Å². The lowest BCUT2D eigenvalue weighted by Crippen LogP contribution is -2.09. The van der Waals surface area contributed by atoms with Gasteiger partial charge >= 0.3 is 23.9 Å². The second kappa shape index (κ2) is 17.2.